The van der Waals surface area contributed by atoms with Gasteiger partial charge in [-0.15, -0.1) is 0 Å². The summed E-state index contributed by atoms with van der Waals surface area (Å²) in [6.45, 7) is 1.25. The Morgan fingerprint density at radius 1 is 1.12 bits per heavy atom. The molecule has 0 aromatic heterocycles. The molecule has 33 heavy (non-hydrogen) atoms. The first-order valence-corrected chi connectivity index (χ1v) is 13.2. The first-order chi connectivity index (χ1) is 15.9. The van der Waals surface area contributed by atoms with E-state index < -0.39 is 10.0 Å². The second-order valence-corrected chi connectivity index (χ2v) is 10.7. The lowest BCUT2D eigenvalue weighted by molar-refractivity contribution is -0.116. The molecule has 1 N–H and O–H groups in total. The summed E-state index contributed by atoms with van der Waals surface area (Å²) in [5, 5.41) is 2.92. The lowest BCUT2D eigenvalue weighted by Crippen LogP contribution is -2.40. The molecule has 0 atom stereocenters. The number of sulfonamides is 1. The maximum Gasteiger partial charge on any atom is 0.244 e. The number of halogens is 1. The predicted octanol–water partition coefficient (Wildman–Crippen LogP) is 4.25. The number of hydrogen-bond acceptors (Lipinski definition) is 5. The van der Waals surface area contributed by atoms with Crippen molar-refractivity contribution in [2.24, 2.45) is 0 Å². The third kappa shape index (κ3) is 6.26. The summed E-state index contributed by atoms with van der Waals surface area (Å²) in [7, 11) is -3.76. The van der Waals surface area contributed by atoms with E-state index in [-0.39, 0.29) is 41.4 Å². The maximum absolute atomic E-state index is 13.0. The predicted molar refractivity (Wildman–Crippen MR) is 127 cm³/mol. The zero-order valence-corrected chi connectivity index (χ0v) is 20.0. The van der Waals surface area contributed by atoms with Crippen molar-refractivity contribution >= 4 is 33.2 Å². The molecule has 0 unspecified atom stereocenters. The summed E-state index contributed by atoms with van der Waals surface area (Å²) in [5.41, 5.74) is 1.42. The molecule has 2 aromatic rings. The Balaban J connectivity index is 1.36. The highest BCUT2D eigenvalue weighted by Crippen LogP contribution is 2.29. The van der Waals surface area contributed by atoms with Gasteiger partial charge in [0.25, 0.3) is 0 Å². The Kier molecular flexibility index (Phi) is 7.90. The Morgan fingerprint density at radius 2 is 1.88 bits per heavy atom. The average Bonchev–Trinajstić information content (AvgIpc) is 3.33. The summed E-state index contributed by atoms with van der Waals surface area (Å²) < 4.78 is 38.6. The summed E-state index contributed by atoms with van der Waals surface area (Å²) in [6.07, 6.45) is 5.72. The minimum absolute atomic E-state index is 0.0133. The van der Waals surface area contributed by atoms with Gasteiger partial charge < -0.3 is 14.8 Å². The quantitative estimate of drug-likeness (QED) is 0.595. The standard InChI is InChI=1S/C24H29ClN2O5S/c25-22-10-9-19(17-23(22)33(29,30)27-12-14-31-15-13-27)26-24(28)11-8-18-4-3-7-21(16-18)32-20-5-1-2-6-20/h3-4,7,9-10,16-17,20H,1-2,5-6,8,11-15H2,(H,26,28). The number of nitrogens with zero attached hydrogens (tertiary/aromatic N) is 1. The maximum atomic E-state index is 13.0. The van der Waals surface area contributed by atoms with Gasteiger partial charge in [-0.25, -0.2) is 8.42 Å². The van der Waals surface area contributed by atoms with E-state index in [2.05, 4.69) is 5.32 Å². The van der Waals surface area contributed by atoms with Gasteiger partial charge in [0.1, 0.15) is 10.6 Å². The fourth-order valence-electron chi connectivity index (χ4n) is 4.16. The molecule has 9 heteroatoms. The summed E-state index contributed by atoms with van der Waals surface area (Å²) in [5.74, 6) is 0.643. The van der Waals surface area contributed by atoms with Gasteiger partial charge in [-0.1, -0.05) is 23.7 Å². The molecule has 178 valence electrons. The highest BCUT2D eigenvalue weighted by atomic mass is 35.5. The summed E-state index contributed by atoms with van der Waals surface area (Å²) in [4.78, 5) is 12.5. The smallest absolute Gasteiger partial charge is 0.244 e. The molecule has 7 nitrogen and oxygen atoms in total. The van der Waals surface area contributed by atoms with Gasteiger partial charge in [-0.05, 0) is 68.0 Å². The van der Waals surface area contributed by atoms with Gasteiger partial charge in [0, 0.05) is 25.2 Å². The van der Waals surface area contributed by atoms with Crippen LogP contribution in [0.25, 0.3) is 0 Å². The molecular formula is C24H29ClN2O5S. The summed E-state index contributed by atoms with van der Waals surface area (Å²) >= 11 is 6.19. The first kappa shape index (κ1) is 24.0. The van der Waals surface area contributed by atoms with E-state index in [0.717, 1.165) is 24.2 Å². The number of ether oxygens (including phenoxy) is 2. The van der Waals surface area contributed by atoms with E-state index in [1.807, 2.05) is 24.3 Å². The van der Waals surface area contributed by atoms with E-state index in [1.54, 1.807) is 6.07 Å². The molecule has 0 radical (unpaired) electrons. The SMILES string of the molecule is O=C(CCc1cccc(OC2CCCC2)c1)Nc1ccc(Cl)c(S(=O)(=O)N2CCOCC2)c1. The van der Waals surface area contributed by atoms with Crippen molar-refractivity contribution in [3.05, 3.63) is 53.1 Å². The van der Waals surface area contributed by atoms with Gasteiger partial charge in [0.05, 0.1) is 24.3 Å². The van der Waals surface area contributed by atoms with Crippen LogP contribution in [0.2, 0.25) is 5.02 Å². The molecular weight excluding hydrogens is 464 g/mol. The summed E-state index contributed by atoms with van der Waals surface area (Å²) in [6, 6.07) is 12.4. The fraction of sp³-hybridized carbons (Fsp3) is 0.458. The number of nitrogens with one attached hydrogen (secondary N) is 1. The number of aryl methyl sites for hydroxylation is 1. The van der Waals surface area contributed by atoms with Crippen molar-refractivity contribution in [3.63, 3.8) is 0 Å². The van der Waals surface area contributed by atoms with E-state index >= 15 is 0 Å². The number of anilines is 1. The number of carbonyl (C=O) groups is 1. The molecule has 2 aromatic carbocycles. The molecule has 1 heterocycles. The number of benzene rings is 2. The number of hydrogen-bond donors (Lipinski definition) is 1. The number of carbonyl (C=O) groups excluding carboxylic acids is 1. The third-order valence-corrected chi connectivity index (χ3v) is 8.33. The molecule has 2 aliphatic rings. The van der Waals surface area contributed by atoms with E-state index in [4.69, 9.17) is 21.1 Å². The molecule has 1 saturated carbocycles. The van der Waals surface area contributed by atoms with Crippen LogP contribution in [0.4, 0.5) is 5.69 Å². The lowest BCUT2D eigenvalue weighted by Gasteiger charge is -2.26. The number of morpholine rings is 1. The Labute approximate surface area is 200 Å². The topological polar surface area (TPSA) is 84.9 Å². The Bertz CT molecular complexity index is 1080. The first-order valence-electron chi connectivity index (χ1n) is 11.3. The van der Waals surface area contributed by atoms with Crippen LogP contribution in [0.5, 0.6) is 5.75 Å². The molecule has 1 amide bonds. The van der Waals surface area contributed by atoms with Gasteiger partial charge in [-0.2, -0.15) is 4.31 Å². The highest BCUT2D eigenvalue weighted by molar-refractivity contribution is 7.89. The molecule has 1 aliphatic carbocycles. The van der Waals surface area contributed by atoms with Crippen molar-refractivity contribution in [1.29, 1.82) is 0 Å². The molecule has 0 bridgehead atoms. The van der Waals surface area contributed by atoms with Gasteiger partial charge in [0.2, 0.25) is 15.9 Å². The minimum atomic E-state index is -3.76. The highest BCUT2D eigenvalue weighted by Gasteiger charge is 2.28. The Hall–Kier alpha value is -2.13. The normalized spacial score (nSPS) is 17.7. The van der Waals surface area contributed by atoms with Crippen LogP contribution in [0.1, 0.15) is 37.7 Å². The van der Waals surface area contributed by atoms with Crippen molar-refractivity contribution in [2.75, 3.05) is 31.6 Å². The second kappa shape index (κ2) is 10.9. The minimum Gasteiger partial charge on any atom is -0.490 e. The average molecular weight is 493 g/mol. The molecule has 2 fully saturated rings. The molecule has 0 spiro atoms. The van der Waals surface area contributed by atoms with Gasteiger partial charge in [0.15, 0.2) is 0 Å². The van der Waals surface area contributed by atoms with E-state index in [0.29, 0.717) is 25.3 Å². The zero-order chi connectivity index (χ0) is 23.3. The zero-order valence-electron chi connectivity index (χ0n) is 18.5. The Morgan fingerprint density at radius 3 is 2.64 bits per heavy atom. The van der Waals surface area contributed by atoms with Crippen LogP contribution in [0, 0.1) is 0 Å². The van der Waals surface area contributed by atoms with Gasteiger partial charge in [-0.3, -0.25) is 4.79 Å². The van der Waals surface area contributed by atoms with Crippen LogP contribution in [-0.4, -0.2) is 51.0 Å². The van der Waals surface area contributed by atoms with Crippen LogP contribution in [0.3, 0.4) is 0 Å². The van der Waals surface area contributed by atoms with Gasteiger partial charge >= 0.3 is 0 Å². The monoisotopic (exact) mass is 492 g/mol. The van der Waals surface area contributed by atoms with Crippen molar-refractivity contribution in [3.8, 4) is 5.75 Å². The largest absolute Gasteiger partial charge is 0.490 e. The van der Waals surface area contributed by atoms with E-state index in [9.17, 15) is 13.2 Å². The molecule has 1 saturated heterocycles. The van der Waals surface area contributed by atoms with Crippen molar-refractivity contribution in [2.45, 2.75) is 49.5 Å². The van der Waals surface area contributed by atoms with Crippen molar-refractivity contribution in [1.82, 2.24) is 4.31 Å². The number of amides is 1. The molecule has 4 rings (SSSR count). The molecule has 1 aliphatic heterocycles. The second-order valence-electron chi connectivity index (χ2n) is 8.38. The number of rotatable bonds is 8. The van der Waals surface area contributed by atoms with E-state index in [1.165, 1.54) is 29.3 Å². The van der Waals surface area contributed by atoms with Crippen LogP contribution < -0.4 is 10.1 Å². The van der Waals surface area contributed by atoms with Crippen LogP contribution in [0.15, 0.2) is 47.4 Å². The third-order valence-electron chi connectivity index (χ3n) is 5.95. The lowest BCUT2D eigenvalue weighted by atomic mass is 10.1. The fourth-order valence-corrected chi connectivity index (χ4v) is 6.07. The van der Waals surface area contributed by atoms with Crippen LogP contribution in [-0.2, 0) is 26.0 Å². The van der Waals surface area contributed by atoms with Crippen molar-refractivity contribution < 1.29 is 22.7 Å². The van der Waals surface area contributed by atoms with Crippen LogP contribution >= 0.6 is 11.6 Å².